The van der Waals surface area contributed by atoms with Crippen LogP contribution in [-0.4, -0.2) is 82.5 Å². The largest absolute Gasteiger partial charge is 0.481 e. The highest BCUT2D eigenvalue weighted by molar-refractivity contribution is 7.98. The Morgan fingerprint density at radius 1 is 0.967 bits per heavy atom. The van der Waals surface area contributed by atoms with Crippen molar-refractivity contribution in [2.75, 3.05) is 18.6 Å². The highest BCUT2D eigenvalue weighted by atomic mass is 32.2. The van der Waals surface area contributed by atoms with Gasteiger partial charge in [-0.25, -0.2) is 4.79 Å². The number of aliphatic carboxylic acids is 2. The summed E-state index contributed by atoms with van der Waals surface area (Å²) < 4.78 is 0. The molecule has 13 nitrogen and oxygen atoms in total. The van der Waals surface area contributed by atoms with Gasteiger partial charge >= 0.3 is 11.9 Å². The zero-order valence-corrected chi connectivity index (χ0v) is 17.2. The Bertz CT molecular complexity index is 660. The Hall–Kier alpha value is -2.87. The molecule has 0 saturated carbocycles. The molecule has 0 saturated heterocycles. The molecule has 9 N–H and O–H groups in total. The third-order valence-corrected chi connectivity index (χ3v) is 4.36. The van der Waals surface area contributed by atoms with Crippen molar-refractivity contribution in [3.63, 3.8) is 0 Å². The molecule has 0 heterocycles. The second-order valence-corrected chi connectivity index (χ2v) is 7.21. The predicted molar refractivity (Wildman–Crippen MR) is 106 cm³/mol. The highest BCUT2D eigenvalue weighted by Crippen LogP contribution is 2.03. The molecule has 0 aromatic carbocycles. The third-order valence-electron chi connectivity index (χ3n) is 3.72. The molecule has 0 radical (unpaired) electrons. The maximum atomic E-state index is 12.3. The number of carbonyl (C=O) groups excluding carboxylic acids is 4. The smallest absolute Gasteiger partial charge is 0.326 e. The van der Waals surface area contributed by atoms with E-state index in [2.05, 4.69) is 16.0 Å². The first-order chi connectivity index (χ1) is 14.0. The maximum Gasteiger partial charge on any atom is 0.326 e. The summed E-state index contributed by atoms with van der Waals surface area (Å²) in [4.78, 5) is 69.0. The number of nitrogens with one attached hydrogen (secondary N) is 3. The van der Waals surface area contributed by atoms with E-state index in [1.165, 1.54) is 11.8 Å². The van der Waals surface area contributed by atoms with Crippen LogP contribution in [0.5, 0.6) is 0 Å². The van der Waals surface area contributed by atoms with Gasteiger partial charge in [-0.05, 0) is 24.9 Å². The van der Waals surface area contributed by atoms with Crippen LogP contribution in [0, 0.1) is 0 Å². The lowest BCUT2D eigenvalue weighted by Gasteiger charge is -2.20. The van der Waals surface area contributed by atoms with Gasteiger partial charge in [-0.2, -0.15) is 11.8 Å². The van der Waals surface area contributed by atoms with Crippen LogP contribution in [-0.2, 0) is 28.8 Å². The van der Waals surface area contributed by atoms with Crippen LogP contribution >= 0.6 is 11.8 Å². The Balaban J connectivity index is 4.83. The molecule has 3 atom stereocenters. The van der Waals surface area contributed by atoms with E-state index in [4.69, 9.17) is 21.7 Å². The minimum atomic E-state index is -1.55. The fraction of sp³-hybridized carbons (Fsp3) is 0.625. The number of thioether (sulfide) groups is 1. The molecular weight excluding hydrogens is 422 g/mol. The second-order valence-electron chi connectivity index (χ2n) is 6.23. The molecule has 30 heavy (non-hydrogen) atoms. The number of primary amides is 1. The zero-order chi connectivity index (χ0) is 23.3. The molecule has 3 unspecified atom stereocenters. The van der Waals surface area contributed by atoms with Crippen LogP contribution in [0.1, 0.15) is 25.7 Å². The van der Waals surface area contributed by atoms with Gasteiger partial charge in [-0.1, -0.05) is 0 Å². The number of amides is 4. The second kappa shape index (κ2) is 14.2. The molecule has 0 rings (SSSR count). The number of carboxylic acid groups (broad SMARTS) is 2. The monoisotopic (exact) mass is 449 g/mol. The Morgan fingerprint density at radius 2 is 1.60 bits per heavy atom. The van der Waals surface area contributed by atoms with Gasteiger partial charge in [-0.3, -0.25) is 24.0 Å². The van der Waals surface area contributed by atoms with E-state index in [1.54, 1.807) is 6.26 Å². The van der Waals surface area contributed by atoms with Gasteiger partial charge in [0.05, 0.1) is 19.0 Å². The third kappa shape index (κ3) is 11.9. The van der Waals surface area contributed by atoms with Gasteiger partial charge in [0, 0.05) is 6.42 Å². The van der Waals surface area contributed by atoms with E-state index >= 15 is 0 Å². The molecule has 170 valence electrons. The molecule has 14 heteroatoms. The molecule has 0 spiro atoms. The zero-order valence-electron chi connectivity index (χ0n) is 16.4. The summed E-state index contributed by atoms with van der Waals surface area (Å²) in [6.45, 7) is -0.610. The quantitative estimate of drug-likeness (QED) is 0.134. The van der Waals surface area contributed by atoms with Crippen LogP contribution in [0.3, 0.4) is 0 Å². The minimum absolute atomic E-state index is 0.0283. The molecule has 4 amide bonds. The summed E-state index contributed by atoms with van der Waals surface area (Å²) in [6.07, 6.45) is 0.915. The summed E-state index contributed by atoms with van der Waals surface area (Å²) in [5.41, 5.74) is 10.5. The van der Waals surface area contributed by atoms with E-state index in [1.807, 2.05) is 0 Å². The van der Waals surface area contributed by atoms with Crippen molar-refractivity contribution in [3.05, 3.63) is 0 Å². The van der Waals surface area contributed by atoms with Gasteiger partial charge < -0.3 is 37.6 Å². The number of rotatable bonds is 15. The SMILES string of the molecule is CSCCC(NC(=O)C(CC(=O)O)NC(=O)CNC(=O)C(N)CCC(N)=O)C(=O)O. The Morgan fingerprint density at radius 3 is 2.10 bits per heavy atom. The van der Waals surface area contributed by atoms with Crippen LogP contribution in [0.15, 0.2) is 0 Å². The van der Waals surface area contributed by atoms with Crippen LogP contribution in [0.4, 0.5) is 0 Å². The van der Waals surface area contributed by atoms with Gasteiger partial charge in [-0.15, -0.1) is 0 Å². The minimum Gasteiger partial charge on any atom is -0.481 e. The number of carboxylic acids is 2. The molecular formula is C16H27N5O8S. The Kier molecular flexibility index (Phi) is 12.8. The molecule has 0 aliphatic rings. The molecule has 0 bridgehead atoms. The first kappa shape index (κ1) is 27.1. The van der Waals surface area contributed by atoms with E-state index in [0.717, 1.165) is 0 Å². The normalized spacial score (nSPS) is 13.4. The topological polar surface area (TPSA) is 231 Å². The lowest BCUT2D eigenvalue weighted by Crippen LogP contribution is -2.54. The average molecular weight is 449 g/mol. The number of carbonyl (C=O) groups is 6. The lowest BCUT2D eigenvalue weighted by atomic mass is 10.1. The number of hydrogen-bond acceptors (Lipinski definition) is 8. The van der Waals surface area contributed by atoms with Crippen molar-refractivity contribution in [3.8, 4) is 0 Å². The van der Waals surface area contributed by atoms with Gasteiger partial charge in [0.25, 0.3) is 0 Å². The summed E-state index contributed by atoms with van der Waals surface area (Å²) in [5, 5.41) is 24.6. The number of nitrogens with two attached hydrogens (primary N) is 2. The van der Waals surface area contributed by atoms with Crippen molar-refractivity contribution in [1.29, 1.82) is 0 Å². The van der Waals surface area contributed by atoms with Gasteiger partial charge in [0.15, 0.2) is 0 Å². The van der Waals surface area contributed by atoms with Crippen LogP contribution in [0.2, 0.25) is 0 Å². The van der Waals surface area contributed by atoms with Crippen molar-refractivity contribution in [1.82, 2.24) is 16.0 Å². The number of hydrogen-bond donors (Lipinski definition) is 7. The molecule has 0 aliphatic heterocycles. The summed E-state index contributed by atoms with van der Waals surface area (Å²) in [5.74, 6) is -5.51. The maximum absolute atomic E-state index is 12.3. The van der Waals surface area contributed by atoms with Crippen LogP contribution in [0.25, 0.3) is 0 Å². The van der Waals surface area contributed by atoms with Gasteiger partial charge in [0.2, 0.25) is 23.6 Å². The lowest BCUT2D eigenvalue weighted by molar-refractivity contribution is -0.143. The molecule has 0 aliphatic carbocycles. The van der Waals surface area contributed by atoms with E-state index in [-0.39, 0.29) is 19.3 Å². The van der Waals surface area contributed by atoms with Crippen molar-refractivity contribution in [2.45, 2.75) is 43.8 Å². The predicted octanol–water partition coefficient (Wildman–Crippen LogP) is -3.02. The van der Waals surface area contributed by atoms with Crippen molar-refractivity contribution in [2.24, 2.45) is 11.5 Å². The fourth-order valence-electron chi connectivity index (χ4n) is 2.12. The van der Waals surface area contributed by atoms with Gasteiger partial charge in [0.1, 0.15) is 12.1 Å². The summed E-state index contributed by atoms with van der Waals surface area (Å²) in [7, 11) is 0. The molecule has 0 aromatic rings. The summed E-state index contributed by atoms with van der Waals surface area (Å²) >= 11 is 1.37. The molecule has 0 aromatic heterocycles. The Labute approximate surface area is 176 Å². The first-order valence-corrected chi connectivity index (χ1v) is 10.2. The average Bonchev–Trinajstić information content (AvgIpc) is 2.65. The molecule has 0 fully saturated rings. The fourth-order valence-corrected chi connectivity index (χ4v) is 2.59. The first-order valence-electron chi connectivity index (χ1n) is 8.82. The van der Waals surface area contributed by atoms with Crippen LogP contribution < -0.4 is 27.4 Å². The van der Waals surface area contributed by atoms with Crippen molar-refractivity contribution < 1.29 is 39.0 Å². The summed E-state index contributed by atoms with van der Waals surface area (Å²) in [6, 6.07) is -3.89. The standard InChI is InChI=1S/C16H27N5O8S/c1-30-5-4-9(16(28)29)21-15(27)10(6-13(24)25)20-12(23)7-19-14(26)8(17)2-3-11(18)22/h8-10H,2-7,17H2,1H3,(H2,18,22)(H,19,26)(H,20,23)(H,21,27)(H,24,25)(H,28,29). The van der Waals surface area contributed by atoms with E-state index < -0.39 is 66.7 Å². The van der Waals surface area contributed by atoms with E-state index in [9.17, 15) is 28.8 Å². The van der Waals surface area contributed by atoms with E-state index in [0.29, 0.717) is 5.75 Å². The highest BCUT2D eigenvalue weighted by Gasteiger charge is 2.28. The van der Waals surface area contributed by atoms with Crippen molar-refractivity contribution >= 4 is 47.3 Å².